The summed E-state index contributed by atoms with van der Waals surface area (Å²) in [4.78, 5) is 34.9. The quantitative estimate of drug-likeness (QED) is 0.599. The minimum absolute atomic E-state index is 0.113. The number of rotatable bonds is 9. The average Bonchev–Trinajstić information content (AvgIpc) is 3.14. The first-order chi connectivity index (χ1) is 12.1. The predicted molar refractivity (Wildman–Crippen MR) is 95.8 cm³/mol. The van der Waals surface area contributed by atoms with Crippen LogP contribution < -0.4 is 10.6 Å². The zero-order valence-electron chi connectivity index (χ0n) is 13.7. The Morgan fingerprint density at radius 3 is 2.36 bits per heavy atom. The van der Waals surface area contributed by atoms with Crippen LogP contribution >= 0.6 is 11.3 Å². The largest absolute Gasteiger partial charge is 0.481 e. The van der Waals surface area contributed by atoms with E-state index in [-0.39, 0.29) is 18.2 Å². The molecule has 0 spiro atoms. The van der Waals surface area contributed by atoms with Crippen molar-refractivity contribution >= 4 is 29.1 Å². The van der Waals surface area contributed by atoms with E-state index < -0.39 is 5.97 Å². The molecule has 0 aliphatic carbocycles. The third-order valence-electron chi connectivity index (χ3n) is 3.52. The molecule has 25 heavy (non-hydrogen) atoms. The van der Waals surface area contributed by atoms with Crippen LogP contribution in [0.5, 0.6) is 0 Å². The maximum atomic E-state index is 12.0. The molecule has 0 aliphatic rings. The van der Waals surface area contributed by atoms with Gasteiger partial charge in [-0.1, -0.05) is 18.2 Å². The fourth-order valence-corrected chi connectivity index (χ4v) is 2.80. The van der Waals surface area contributed by atoms with E-state index in [0.29, 0.717) is 36.4 Å². The van der Waals surface area contributed by atoms with Gasteiger partial charge in [0.05, 0.1) is 4.88 Å². The zero-order chi connectivity index (χ0) is 18.1. The molecule has 1 heterocycles. The average molecular weight is 360 g/mol. The second-order valence-electron chi connectivity index (χ2n) is 5.46. The highest BCUT2D eigenvalue weighted by molar-refractivity contribution is 7.12. The number of aliphatic carboxylic acids is 1. The van der Waals surface area contributed by atoms with E-state index in [9.17, 15) is 14.4 Å². The summed E-state index contributed by atoms with van der Waals surface area (Å²) >= 11 is 1.39. The van der Waals surface area contributed by atoms with Crippen LogP contribution in [0.1, 0.15) is 44.9 Å². The highest BCUT2D eigenvalue weighted by Crippen LogP contribution is 2.09. The number of carbonyl (C=O) groups is 3. The fourth-order valence-electron chi connectivity index (χ4n) is 2.16. The molecule has 0 bridgehead atoms. The number of thiophene rings is 1. The van der Waals surface area contributed by atoms with Gasteiger partial charge in [-0.05, 0) is 42.0 Å². The Morgan fingerprint density at radius 2 is 1.72 bits per heavy atom. The maximum absolute atomic E-state index is 12.0. The molecule has 0 atom stereocenters. The number of hydrogen-bond donors (Lipinski definition) is 3. The molecule has 6 nitrogen and oxygen atoms in total. The van der Waals surface area contributed by atoms with Gasteiger partial charge in [-0.25, -0.2) is 0 Å². The van der Waals surface area contributed by atoms with E-state index in [1.54, 1.807) is 30.3 Å². The first kappa shape index (κ1) is 18.7. The van der Waals surface area contributed by atoms with Crippen LogP contribution in [0.25, 0.3) is 0 Å². The Hall–Kier alpha value is -2.67. The third kappa shape index (κ3) is 6.39. The summed E-state index contributed by atoms with van der Waals surface area (Å²) in [6, 6.07) is 10.6. The normalized spacial score (nSPS) is 10.2. The number of hydrogen-bond acceptors (Lipinski definition) is 4. The van der Waals surface area contributed by atoms with Gasteiger partial charge in [-0.2, -0.15) is 0 Å². The fraction of sp³-hybridized carbons (Fsp3) is 0.278. The number of unbranched alkanes of at least 4 members (excludes halogenated alkanes) is 1. The maximum Gasteiger partial charge on any atom is 0.303 e. The van der Waals surface area contributed by atoms with Crippen LogP contribution in [0, 0.1) is 0 Å². The van der Waals surface area contributed by atoms with Gasteiger partial charge in [0.25, 0.3) is 11.8 Å². The Morgan fingerprint density at radius 1 is 0.960 bits per heavy atom. The lowest BCUT2D eigenvalue weighted by molar-refractivity contribution is -0.137. The molecule has 2 rings (SSSR count). The van der Waals surface area contributed by atoms with E-state index >= 15 is 0 Å². The topological polar surface area (TPSA) is 95.5 Å². The monoisotopic (exact) mass is 360 g/mol. The molecule has 0 fully saturated rings. The number of carboxylic acids is 1. The molecule has 7 heteroatoms. The van der Waals surface area contributed by atoms with Crippen molar-refractivity contribution in [2.24, 2.45) is 0 Å². The molecule has 0 radical (unpaired) electrons. The number of carbonyl (C=O) groups excluding carboxylic acids is 2. The summed E-state index contributed by atoms with van der Waals surface area (Å²) in [6.07, 6.45) is 1.28. The summed E-state index contributed by atoms with van der Waals surface area (Å²) < 4.78 is 0. The van der Waals surface area contributed by atoms with Crippen molar-refractivity contribution in [3.63, 3.8) is 0 Å². The molecule has 0 aliphatic heterocycles. The van der Waals surface area contributed by atoms with Crippen molar-refractivity contribution < 1.29 is 19.5 Å². The lowest BCUT2D eigenvalue weighted by atomic mass is 10.1. The lowest BCUT2D eigenvalue weighted by Gasteiger charge is -2.07. The van der Waals surface area contributed by atoms with Crippen LogP contribution in [-0.4, -0.2) is 29.4 Å². The highest BCUT2D eigenvalue weighted by Gasteiger charge is 2.07. The second-order valence-corrected chi connectivity index (χ2v) is 6.41. The van der Waals surface area contributed by atoms with Gasteiger partial charge in [-0.3, -0.25) is 14.4 Å². The first-order valence-electron chi connectivity index (χ1n) is 7.97. The van der Waals surface area contributed by atoms with Gasteiger partial charge in [0.1, 0.15) is 0 Å². The van der Waals surface area contributed by atoms with Crippen molar-refractivity contribution in [3.8, 4) is 0 Å². The summed E-state index contributed by atoms with van der Waals surface area (Å²) in [5.41, 5.74) is 1.44. The van der Waals surface area contributed by atoms with Crippen molar-refractivity contribution in [1.82, 2.24) is 10.6 Å². The van der Waals surface area contributed by atoms with Crippen molar-refractivity contribution in [2.75, 3.05) is 6.54 Å². The number of nitrogens with one attached hydrogen (secondary N) is 2. The Bertz CT molecular complexity index is 711. The third-order valence-corrected chi connectivity index (χ3v) is 4.39. The Labute approximate surface area is 149 Å². The number of amides is 2. The van der Waals surface area contributed by atoms with Gasteiger partial charge in [0.15, 0.2) is 0 Å². The van der Waals surface area contributed by atoms with Crippen LogP contribution in [0.15, 0.2) is 41.8 Å². The molecule has 1 aromatic carbocycles. The van der Waals surface area contributed by atoms with Crippen LogP contribution in [-0.2, 0) is 11.3 Å². The molecular weight excluding hydrogens is 340 g/mol. The SMILES string of the molecule is O=C(O)CCCCNC(=O)c1ccc(CNC(=O)c2cccs2)cc1. The summed E-state index contributed by atoms with van der Waals surface area (Å²) in [5.74, 6) is -1.13. The molecule has 2 amide bonds. The van der Waals surface area contributed by atoms with Crippen LogP contribution in [0.4, 0.5) is 0 Å². The van der Waals surface area contributed by atoms with E-state index in [1.807, 2.05) is 11.4 Å². The van der Waals surface area contributed by atoms with E-state index in [4.69, 9.17) is 5.11 Å². The lowest BCUT2D eigenvalue weighted by Crippen LogP contribution is -2.25. The van der Waals surface area contributed by atoms with E-state index in [2.05, 4.69) is 10.6 Å². The minimum atomic E-state index is -0.826. The molecule has 0 saturated heterocycles. The first-order valence-corrected chi connectivity index (χ1v) is 8.85. The highest BCUT2D eigenvalue weighted by atomic mass is 32.1. The summed E-state index contributed by atoms with van der Waals surface area (Å²) in [7, 11) is 0. The zero-order valence-corrected chi connectivity index (χ0v) is 14.5. The number of benzene rings is 1. The Kier molecular flexibility index (Phi) is 7.16. The number of carboxylic acid groups (broad SMARTS) is 1. The van der Waals surface area contributed by atoms with Crippen LogP contribution in [0.2, 0.25) is 0 Å². The molecule has 0 unspecified atom stereocenters. The molecule has 0 saturated carbocycles. The molecule has 132 valence electrons. The summed E-state index contributed by atoms with van der Waals surface area (Å²) in [5, 5.41) is 16.0. The summed E-state index contributed by atoms with van der Waals surface area (Å²) in [6.45, 7) is 0.846. The van der Waals surface area contributed by atoms with Gasteiger partial charge >= 0.3 is 5.97 Å². The molecule has 2 aromatic rings. The van der Waals surface area contributed by atoms with Crippen molar-refractivity contribution in [1.29, 1.82) is 0 Å². The van der Waals surface area contributed by atoms with Gasteiger partial charge < -0.3 is 15.7 Å². The van der Waals surface area contributed by atoms with Gasteiger partial charge in [0, 0.05) is 25.1 Å². The van der Waals surface area contributed by atoms with E-state index in [1.165, 1.54) is 11.3 Å². The van der Waals surface area contributed by atoms with Gasteiger partial charge in [0.2, 0.25) is 0 Å². The molecular formula is C18H20N2O4S. The van der Waals surface area contributed by atoms with Crippen LogP contribution in [0.3, 0.4) is 0 Å². The standard InChI is InChI=1S/C18H20N2O4S/c21-16(22)5-1-2-10-19-17(23)14-8-6-13(7-9-14)12-20-18(24)15-4-3-11-25-15/h3-4,6-9,11H,1-2,5,10,12H2,(H,19,23)(H,20,24)(H,21,22). The predicted octanol–water partition coefficient (Wildman–Crippen LogP) is 2.66. The molecule has 3 N–H and O–H groups in total. The minimum Gasteiger partial charge on any atom is -0.481 e. The Balaban J connectivity index is 1.74. The van der Waals surface area contributed by atoms with Crippen molar-refractivity contribution in [2.45, 2.75) is 25.8 Å². The van der Waals surface area contributed by atoms with Crippen molar-refractivity contribution in [3.05, 3.63) is 57.8 Å². The van der Waals surface area contributed by atoms with E-state index in [0.717, 1.165) is 5.56 Å². The second kappa shape index (κ2) is 9.58. The smallest absolute Gasteiger partial charge is 0.303 e. The van der Waals surface area contributed by atoms with Gasteiger partial charge in [-0.15, -0.1) is 11.3 Å². The molecule has 1 aromatic heterocycles.